The highest BCUT2D eigenvalue weighted by Gasteiger charge is 2.15. The van der Waals surface area contributed by atoms with E-state index in [9.17, 15) is 9.90 Å². The van der Waals surface area contributed by atoms with E-state index in [0.717, 1.165) is 5.56 Å². The van der Waals surface area contributed by atoms with E-state index < -0.39 is 0 Å². The summed E-state index contributed by atoms with van der Waals surface area (Å²) in [4.78, 5) is 12.3. The number of benzene rings is 2. The molecule has 0 aliphatic rings. The van der Waals surface area contributed by atoms with Gasteiger partial charge in [0.15, 0.2) is 11.5 Å². The summed E-state index contributed by atoms with van der Waals surface area (Å²) in [5.74, 6) is -0.273. The zero-order valence-corrected chi connectivity index (χ0v) is 12.0. The Balaban J connectivity index is 2.26. The number of hydrogen-bond donors (Lipinski definition) is 3. The highest BCUT2D eigenvalue weighted by molar-refractivity contribution is 6.07. The maximum atomic E-state index is 12.3. The number of phenols is 1. The second-order valence-corrected chi connectivity index (χ2v) is 4.50. The highest BCUT2D eigenvalue weighted by atomic mass is 16.5. The predicted octanol–water partition coefficient (Wildman–Crippen LogP) is 2.37. The van der Waals surface area contributed by atoms with E-state index in [1.807, 2.05) is 31.3 Å². The molecule has 0 bridgehead atoms. The first-order valence-electron chi connectivity index (χ1n) is 6.57. The molecule has 0 heterocycles. The number of methoxy groups -OCH3 is 1. The van der Waals surface area contributed by atoms with E-state index in [4.69, 9.17) is 4.74 Å². The van der Waals surface area contributed by atoms with Crippen molar-refractivity contribution in [3.63, 3.8) is 0 Å². The van der Waals surface area contributed by atoms with Crippen molar-refractivity contribution < 1.29 is 14.6 Å². The van der Waals surface area contributed by atoms with Crippen LogP contribution in [0.4, 0.5) is 5.69 Å². The number of anilines is 1. The summed E-state index contributed by atoms with van der Waals surface area (Å²) >= 11 is 0. The Kier molecular flexibility index (Phi) is 4.79. The molecule has 0 aromatic heterocycles. The van der Waals surface area contributed by atoms with Crippen LogP contribution in [0.5, 0.6) is 11.5 Å². The summed E-state index contributed by atoms with van der Waals surface area (Å²) in [5, 5.41) is 15.9. The molecule has 0 saturated carbocycles. The van der Waals surface area contributed by atoms with Crippen LogP contribution in [-0.2, 0) is 6.54 Å². The third-order valence-electron chi connectivity index (χ3n) is 3.10. The molecule has 1 amide bonds. The van der Waals surface area contributed by atoms with Crippen LogP contribution < -0.4 is 15.4 Å². The van der Waals surface area contributed by atoms with Crippen molar-refractivity contribution in [2.75, 3.05) is 19.5 Å². The van der Waals surface area contributed by atoms with Crippen molar-refractivity contribution in [1.29, 1.82) is 0 Å². The molecule has 0 atom stereocenters. The number of hydrogen-bond acceptors (Lipinski definition) is 4. The van der Waals surface area contributed by atoms with Crippen LogP contribution in [0.2, 0.25) is 0 Å². The minimum absolute atomic E-state index is 0.163. The molecule has 0 radical (unpaired) electrons. The smallest absolute Gasteiger partial charge is 0.259 e. The number of carbonyl (C=O) groups is 1. The molecular formula is C16H18N2O3. The van der Waals surface area contributed by atoms with Gasteiger partial charge in [0.25, 0.3) is 5.91 Å². The fourth-order valence-corrected chi connectivity index (χ4v) is 2.05. The molecule has 5 nitrogen and oxygen atoms in total. The van der Waals surface area contributed by atoms with Crippen LogP contribution in [0.15, 0.2) is 42.5 Å². The standard InChI is InChI=1S/C16H18N2O3/c1-17-10-11-6-3-4-8-13(11)18-16(20)12-7-5-9-14(21-2)15(12)19/h3-9,17,19H,10H2,1-2H3,(H,18,20). The Hall–Kier alpha value is -2.53. The van der Waals surface area contributed by atoms with Crippen molar-refractivity contribution in [3.8, 4) is 11.5 Å². The first-order valence-corrected chi connectivity index (χ1v) is 6.57. The molecule has 0 spiro atoms. The predicted molar refractivity (Wildman–Crippen MR) is 81.8 cm³/mol. The Labute approximate surface area is 123 Å². The average molecular weight is 286 g/mol. The van der Waals surface area contributed by atoms with Crippen molar-refractivity contribution in [1.82, 2.24) is 5.32 Å². The average Bonchev–Trinajstić information content (AvgIpc) is 2.49. The number of phenolic OH excluding ortho intramolecular Hbond substituents is 1. The summed E-state index contributed by atoms with van der Waals surface area (Å²) in [6.45, 7) is 0.639. The molecule has 0 aliphatic heterocycles. The Morgan fingerprint density at radius 2 is 1.95 bits per heavy atom. The van der Waals surface area contributed by atoms with Gasteiger partial charge in [-0.05, 0) is 30.8 Å². The Bertz CT molecular complexity index is 641. The fourth-order valence-electron chi connectivity index (χ4n) is 2.05. The highest BCUT2D eigenvalue weighted by Crippen LogP contribution is 2.30. The summed E-state index contributed by atoms with van der Waals surface area (Å²) in [6.07, 6.45) is 0. The van der Waals surface area contributed by atoms with Gasteiger partial charge in [-0.1, -0.05) is 24.3 Å². The lowest BCUT2D eigenvalue weighted by Crippen LogP contribution is -2.15. The Morgan fingerprint density at radius 3 is 2.67 bits per heavy atom. The van der Waals surface area contributed by atoms with E-state index in [1.54, 1.807) is 18.2 Å². The maximum absolute atomic E-state index is 12.3. The third kappa shape index (κ3) is 3.32. The number of ether oxygens (including phenoxy) is 1. The topological polar surface area (TPSA) is 70.6 Å². The summed E-state index contributed by atoms with van der Waals surface area (Å²) in [5.41, 5.74) is 1.85. The van der Waals surface area contributed by atoms with E-state index in [2.05, 4.69) is 10.6 Å². The normalized spacial score (nSPS) is 10.2. The molecule has 3 N–H and O–H groups in total. The molecule has 21 heavy (non-hydrogen) atoms. The van der Waals surface area contributed by atoms with Gasteiger partial charge in [0.2, 0.25) is 0 Å². The number of amides is 1. The summed E-state index contributed by atoms with van der Waals surface area (Å²) < 4.78 is 5.01. The minimum Gasteiger partial charge on any atom is -0.504 e. The number of para-hydroxylation sites is 2. The van der Waals surface area contributed by atoms with Crippen LogP contribution in [0, 0.1) is 0 Å². The van der Waals surface area contributed by atoms with Gasteiger partial charge in [0.1, 0.15) is 0 Å². The molecule has 0 unspecified atom stereocenters. The first-order chi connectivity index (χ1) is 10.2. The SMILES string of the molecule is CNCc1ccccc1NC(=O)c1cccc(OC)c1O. The maximum Gasteiger partial charge on any atom is 0.259 e. The largest absolute Gasteiger partial charge is 0.504 e. The fraction of sp³-hybridized carbons (Fsp3) is 0.188. The molecular weight excluding hydrogens is 268 g/mol. The van der Waals surface area contributed by atoms with Crippen LogP contribution in [0.3, 0.4) is 0 Å². The summed E-state index contributed by atoms with van der Waals surface area (Å²) in [6, 6.07) is 12.3. The number of aromatic hydroxyl groups is 1. The quantitative estimate of drug-likeness (QED) is 0.789. The van der Waals surface area contributed by atoms with E-state index in [-0.39, 0.29) is 23.0 Å². The summed E-state index contributed by atoms with van der Waals surface area (Å²) in [7, 11) is 3.28. The lowest BCUT2D eigenvalue weighted by atomic mass is 10.1. The number of nitrogens with one attached hydrogen (secondary N) is 2. The molecule has 0 saturated heterocycles. The molecule has 0 fully saturated rings. The van der Waals surface area contributed by atoms with Crippen molar-refractivity contribution in [2.45, 2.75) is 6.54 Å². The number of rotatable bonds is 5. The molecule has 2 aromatic carbocycles. The van der Waals surface area contributed by atoms with Gasteiger partial charge in [-0.3, -0.25) is 4.79 Å². The van der Waals surface area contributed by atoms with Crippen LogP contribution in [0.1, 0.15) is 15.9 Å². The van der Waals surface area contributed by atoms with Gasteiger partial charge in [0.05, 0.1) is 12.7 Å². The van der Waals surface area contributed by atoms with E-state index in [0.29, 0.717) is 12.2 Å². The molecule has 2 aromatic rings. The van der Waals surface area contributed by atoms with Crippen molar-refractivity contribution >= 4 is 11.6 Å². The number of carbonyl (C=O) groups excluding carboxylic acids is 1. The van der Waals surface area contributed by atoms with Crippen molar-refractivity contribution in [2.24, 2.45) is 0 Å². The minimum atomic E-state index is -0.380. The van der Waals surface area contributed by atoms with Gasteiger partial charge >= 0.3 is 0 Å². The van der Waals surface area contributed by atoms with Crippen LogP contribution >= 0.6 is 0 Å². The molecule has 5 heteroatoms. The molecule has 110 valence electrons. The monoisotopic (exact) mass is 286 g/mol. The Morgan fingerprint density at radius 1 is 1.19 bits per heavy atom. The lowest BCUT2D eigenvalue weighted by Gasteiger charge is -2.12. The van der Waals surface area contributed by atoms with Gasteiger partial charge in [-0.15, -0.1) is 0 Å². The van der Waals surface area contributed by atoms with Gasteiger partial charge in [0, 0.05) is 12.2 Å². The molecule has 2 rings (SSSR count). The third-order valence-corrected chi connectivity index (χ3v) is 3.10. The van der Waals surface area contributed by atoms with Gasteiger partial charge in [-0.25, -0.2) is 0 Å². The van der Waals surface area contributed by atoms with Crippen molar-refractivity contribution in [3.05, 3.63) is 53.6 Å². The first kappa shape index (κ1) is 14.9. The van der Waals surface area contributed by atoms with Gasteiger partial charge in [-0.2, -0.15) is 0 Å². The van der Waals surface area contributed by atoms with Crippen LogP contribution in [-0.4, -0.2) is 25.2 Å². The molecule has 0 aliphatic carbocycles. The van der Waals surface area contributed by atoms with E-state index in [1.165, 1.54) is 7.11 Å². The second kappa shape index (κ2) is 6.76. The zero-order chi connectivity index (χ0) is 15.2. The van der Waals surface area contributed by atoms with Gasteiger partial charge < -0.3 is 20.5 Å². The zero-order valence-electron chi connectivity index (χ0n) is 12.0. The van der Waals surface area contributed by atoms with Crippen LogP contribution in [0.25, 0.3) is 0 Å². The van der Waals surface area contributed by atoms with E-state index >= 15 is 0 Å². The lowest BCUT2D eigenvalue weighted by molar-refractivity contribution is 0.102. The second-order valence-electron chi connectivity index (χ2n) is 4.50.